The molecule has 0 saturated heterocycles. The molecule has 0 spiro atoms. The van der Waals surface area contributed by atoms with Crippen LogP contribution in [0.25, 0.3) is 0 Å². The lowest BCUT2D eigenvalue weighted by Crippen LogP contribution is -2.08. The molecular formula is C10H10F3N3S2. The first-order chi connectivity index (χ1) is 8.47. The van der Waals surface area contributed by atoms with Crippen LogP contribution >= 0.6 is 22.7 Å². The van der Waals surface area contributed by atoms with Crippen LogP contribution in [-0.4, -0.2) is 16.7 Å². The fourth-order valence-corrected chi connectivity index (χ4v) is 2.72. The molecule has 0 fully saturated rings. The van der Waals surface area contributed by atoms with E-state index in [2.05, 4.69) is 15.5 Å². The van der Waals surface area contributed by atoms with E-state index in [1.165, 1.54) is 0 Å². The second kappa shape index (κ2) is 5.23. The zero-order valence-electron chi connectivity index (χ0n) is 9.36. The highest BCUT2D eigenvalue weighted by molar-refractivity contribution is 7.15. The summed E-state index contributed by atoms with van der Waals surface area (Å²) in [6.45, 7) is 2.53. The van der Waals surface area contributed by atoms with Gasteiger partial charge >= 0.3 is 6.18 Å². The summed E-state index contributed by atoms with van der Waals surface area (Å²) in [7, 11) is 0. The number of hydrogen-bond donors (Lipinski definition) is 1. The third kappa shape index (κ3) is 3.20. The van der Waals surface area contributed by atoms with Gasteiger partial charge in [-0.1, -0.05) is 18.3 Å². The minimum Gasteiger partial charge on any atom is -0.359 e. The summed E-state index contributed by atoms with van der Waals surface area (Å²) in [6.07, 6.45) is -4.42. The number of aromatic nitrogens is 2. The van der Waals surface area contributed by atoms with Gasteiger partial charge in [0.05, 0.1) is 0 Å². The summed E-state index contributed by atoms with van der Waals surface area (Å²) in [5.41, 5.74) is 1.16. The Balaban J connectivity index is 1.93. The van der Waals surface area contributed by atoms with Gasteiger partial charge in [0, 0.05) is 6.54 Å². The normalized spacial score (nSPS) is 13.6. The quantitative estimate of drug-likeness (QED) is 0.931. The van der Waals surface area contributed by atoms with Crippen molar-refractivity contribution >= 4 is 27.8 Å². The van der Waals surface area contributed by atoms with Crippen LogP contribution in [0.1, 0.15) is 23.4 Å². The van der Waals surface area contributed by atoms with Crippen LogP contribution in [0.15, 0.2) is 16.8 Å². The van der Waals surface area contributed by atoms with Crippen molar-refractivity contribution in [2.75, 3.05) is 11.9 Å². The molecule has 18 heavy (non-hydrogen) atoms. The molecule has 1 unspecified atom stereocenters. The topological polar surface area (TPSA) is 37.8 Å². The predicted octanol–water partition coefficient (Wildman–Crippen LogP) is 3.83. The molecule has 0 aliphatic rings. The Morgan fingerprint density at radius 2 is 2.17 bits per heavy atom. The first kappa shape index (κ1) is 13.3. The van der Waals surface area contributed by atoms with E-state index in [1.54, 1.807) is 11.3 Å². The number of alkyl halides is 3. The fourth-order valence-electron chi connectivity index (χ4n) is 1.32. The molecule has 8 heteroatoms. The molecule has 0 aromatic carbocycles. The van der Waals surface area contributed by atoms with Gasteiger partial charge in [0.2, 0.25) is 10.1 Å². The maximum atomic E-state index is 12.3. The van der Waals surface area contributed by atoms with Crippen LogP contribution in [-0.2, 0) is 6.18 Å². The van der Waals surface area contributed by atoms with Crippen molar-refractivity contribution in [2.24, 2.45) is 0 Å². The van der Waals surface area contributed by atoms with E-state index in [1.807, 2.05) is 23.8 Å². The standard InChI is InChI=1S/C10H10F3N3S2/c1-6(7-2-3-17-5-7)4-14-9-16-15-8(18-9)10(11,12)13/h2-3,5-6H,4H2,1H3,(H,14,16). The molecular weight excluding hydrogens is 283 g/mol. The zero-order valence-corrected chi connectivity index (χ0v) is 11.0. The van der Waals surface area contributed by atoms with Crippen LogP contribution in [0.3, 0.4) is 0 Å². The molecule has 2 heterocycles. The van der Waals surface area contributed by atoms with Crippen LogP contribution in [0.2, 0.25) is 0 Å². The predicted molar refractivity (Wildman–Crippen MR) is 66.1 cm³/mol. The second-order valence-electron chi connectivity index (χ2n) is 3.75. The minimum atomic E-state index is -4.42. The van der Waals surface area contributed by atoms with E-state index in [0.717, 1.165) is 5.56 Å². The lowest BCUT2D eigenvalue weighted by molar-refractivity contribution is -0.138. The molecule has 0 radical (unpaired) electrons. The van der Waals surface area contributed by atoms with Crippen molar-refractivity contribution in [3.63, 3.8) is 0 Å². The van der Waals surface area contributed by atoms with Gasteiger partial charge in [0.25, 0.3) is 0 Å². The Morgan fingerprint density at radius 3 is 2.72 bits per heavy atom. The molecule has 98 valence electrons. The highest BCUT2D eigenvalue weighted by Gasteiger charge is 2.35. The average molecular weight is 293 g/mol. The van der Waals surface area contributed by atoms with Crippen LogP contribution < -0.4 is 5.32 Å². The maximum absolute atomic E-state index is 12.3. The number of rotatable bonds is 4. The number of thiophene rings is 1. The molecule has 2 aromatic rings. The Bertz CT molecular complexity index is 493. The average Bonchev–Trinajstić information content (AvgIpc) is 2.96. The summed E-state index contributed by atoms with van der Waals surface area (Å²) in [4.78, 5) is 0. The molecule has 2 aromatic heterocycles. The Labute approximate surface area is 110 Å². The van der Waals surface area contributed by atoms with Crippen LogP contribution in [0, 0.1) is 0 Å². The van der Waals surface area contributed by atoms with E-state index >= 15 is 0 Å². The molecule has 0 saturated carbocycles. The minimum absolute atomic E-state index is 0.199. The zero-order chi connectivity index (χ0) is 13.2. The van der Waals surface area contributed by atoms with Gasteiger partial charge in [-0.05, 0) is 28.3 Å². The Hall–Kier alpha value is -1.15. The first-order valence-electron chi connectivity index (χ1n) is 5.13. The fraction of sp³-hybridized carbons (Fsp3) is 0.400. The van der Waals surface area contributed by atoms with Crippen LogP contribution in [0.5, 0.6) is 0 Å². The summed E-state index contributed by atoms with van der Waals surface area (Å²) >= 11 is 2.12. The van der Waals surface area contributed by atoms with Gasteiger partial charge in [0.15, 0.2) is 0 Å². The first-order valence-corrected chi connectivity index (χ1v) is 6.89. The van der Waals surface area contributed by atoms with Crippen molar-refractivity contribution in [1.82, 2.24) is 10.2 Å². The molecule has 1 N–H and O–H groups in total. The largest absolute Gasteiger partial charge is 0.445 e. The summed E-state index contributed by atoms with van der Waals surface area (Å²) in [6, 6.07) is 2.00. The van der Waals surface area contributed by atoms with Crippen LogP contribution in [0.4, 0.5) is 18.3 Å². The maximum Gasteiger partial charge on any atom is 0.445 e. The van der Waals surface area contributed by atoms with Crippen molar-refractivity contribution in [3.05, 3.63) is 27.4 Å². The van der Waals surface area contributed by atoms with Gasteiger partial charge < -0.3 is 5.32 Å². The molecule has 0 aliphatic carbocycles. The number of nitrogens with zero attached hydrogens (tertiary/aromatic N) is 2. The van der Waals surface area contributed by atoms with Crippen molar-refractivity contribution in [3.8, 4) is 0 Å². The van der Waals surface area contributed by atoms with E-state index in [4.69, 9.17) is 0 Å². The molecule has 0 aliphatic heterocycles. The summed E-state index contributed by atoms with van der Waals surface area (Å²) < 4.78 is 36.9. The third-order valence-electron chi connectivity index (χ3n) is 2.34. The molecule has 3 nitrogen and oxygen atoms in total. The Morgan fingerprint density at radius 1 is 1.39 bits per heavy atom. The van der Waals surface area contributed by atoms with Gasteiger partial charge in [0.1, 0.15) is 0 Å². The SMILES string of the molecule is CC(CNc1nnc(C(F)(F)F)s1)c1ccsc1. The van der Waals surface area contributed by atoms with Gasteiger partial charge in [-0.3, -0.25) is 0 Å². The Kier molecular flexibility index (Phi) is 3.86. The highest BCUT2D eigenvalue weighted by Crippen LogP contribution is 2.33. The van der Waals surface area contributed by atoms with Gasteiger partial charge in [-0.25, -0.2) is 0 Å². The monoisotopic (exact) mass is 293 g/mol. The number of halogens is 3. The lowest BCUT2D eigenvalue weighted by atomic mass is 10.1. The second-order valence-corrected chi connectivity index (χ2v) is 5.51. The van der Waals surface area contributed by atoms with Gasteiger partial charge in [-0.15, -0.1) is 10.2 Å². The lowest BCUT2D eigenvalue weighted by Gasteiger charge is -2.09. The van der Waals surface area contributed by atoms with E-state index in [-0.39, 0.29) is 11.0 Å². The van der Waals surface area contributed by atoms with Crippen molar-refractivity contribution < 1.29 is 13.2 Å². The number of anilines is 1. The highest BCUT2D eigenvalue weighted by atomic mass is 32.1. The molecule has 2 rings (SSSR count). The smallest absolute Gasteiger partial charge is 0.359 e. The molecule has 1 atom stereocenters. The third-order valence-corrected chi connectivity index (χ3v) is 3.97. The molecule has 0 bridgehead atoms. The van der Waals surface area contributed by atoms with E-state index in [9.17, 15) is 13.2 Å². The number of hydrogen-bond acceptors (Lipinski definition) is 5. The van der Waals surface area contributed by atoms with Gasteiger partial charge in [-0.2, -0.15) is 24.5 Å². The summed E-state index contributed by atoms with van der Waals surface area (Å²) in [5, 5.41) is 12.7. The van der Waals surface area contributed by atoms with Crippen molar-refractivity contribution in [1.29, 1.82) is 0 Å². The van der Waals surface area contributed by atoms with Crippen molar-refractivity contribution in [2.45, 2.75) is 19.0 Å². The summed E-state index contributed by atoms with van der Waals surface area (Å²) in [5.74, 6) is 0.217. The molecule has 0 amide bonds. The van der Waals surface area contributed by atoms with E-state index < -0.39 is 11.2 Å². The van der Waals surface area contributed by atoms with E-state index in [0.29, 0.717) is 17.9 Å². The number of nitrogens with one attached hydrogen (secondary N) is 1.